The van der Waals surface area contributed by atoms with E-state index in [-0.39, 0.29) is 36.0 Å². The number of hydrogen-bond acceptors (Lipinski definition) is 6. The van der Waals surface area contributed by atoms with Crippen LogP contribution in [0, 0.1) is 18.8 Å². The van der Waals surface area contributed by atoms with Crippen molar-refractivity contribution in [2.45, 2.75) is 58.9 Å². The van der Waals surface area contributed by atoms with E-state index in [1.165, 1.54) is 0 Å². The highest BCUT2D eigenvalue weighted by Crippen LogP contribution is 2.29. The van der Waals surface area contributed by atoms with Crippen LogP contribution in [-0.4, -0.2) is 71.6 Å². The number of likely N-dealkylation sites (N-methyl/N-ethyl adjacent to an activating group) is 1. The van der Waals surface area contributed by atoms with Gasteiger partial charge in [0.2, 0.25) is 11.8 Å². The van der Waals surface area contributed by atoms with E-state index in [1.54, 1.807) is 6.20 Å². The van der Waals surface area contributed by atoms with Crippen LogP contribution in [0.1, 0.15) is 61.0 Å². The lowest BCUT2D eigenvalue weighted by molar-refractivity contribution is -0.130. The molecule has 0 bridgehead atoms. The van der Waals surface area contributed by atoms with Gasteiger partial charge < -0.3 is 26.6 Å². The molecular weight excluding hydrogens is 638 g/mol. The number of nitrogens with one attached hydrogen (secondary N) is 4. The van der Waals surface area contributed by atoms with Gasteiger partial charge in [-0.25, -0.2) is 0 Å². The Hall–Kier alpha value is -4.25. The molecule has 0 spiro atoms. The lowest BCUT2D eigenvalue weighted by Gasteiger charge is -2.28. The molecule has 0 saturated heterocycles. The average Bonchev–Trinajstić information content (AvgIpc) is 3.58. The van der Waals surface area contributed by atoms with Crippen molar-refractivity contribution in [3.8, 4) is 11.1 Å². The minimum absolute atomic E-state index is 0. The normalized spacial score (nSPS) is 16.5. The van der Waals surface area contributed by atoms with Crippen molar-refractivity contribution in [3.63, 3.8) is 0 Å². The predicted molar refractivity (Wildman–Crippen MR) is 199 cm³/mol. The number of fused-ring (bicyclic) bond motifs is 1. The van der Waals surface area contributed by atoms with Crippen molar-refractivity contribution in [1.29, 1.82) is 0 Å². The Kier molecular flexibility index (Phi) is 13.8. The summed E-state index contributed by atoms with van der Waals surface area (Å²) in [5.41, 5.74) is 11.9. The first-order valence-corrected chi connectivity index (χ1v) is 17.2. The van der Waals surface area contributed by atoms with Gasteiger partial charge in [-0.05, 0) is 111 Å². The largest absolute Gasteiger partial charge is 0.351 e. The van der Waals surface area contributed by atoms with Crippen LogP contribution in [0.5, 0.6) is 0 Å². The summed E-state index contributed by atoms with van der Waals surface area (Å²) in [5, 5.41) is 17.0. The summed E-state index contributed by atoms with van der Waals surface area (Å²) in [4.78, 5) is 42.1. The number of anilines is 1. The van der Waals surface area contributed by atoms with E-state index in [4.69, 9.17) is 5.73 Å². The number of aromatic nitrogens is 2. The molecule has 4 aromatic rings. The van der Waals surface area contributed by atoms with E-state index in [0.29, 0.717) is 36.7 Å². The Bertz CT molecular complexity index is 1700. The molecule has 1 heterocycles. The fourth-order valence-corrected chi connectivity index (χ4v) is 6.56. The van der Waals surface area contributed by atoms with E-state index in [2.05, 4.69) is 44.9 Å². The number of carbonyl (C=O) groups excluding carboxylic acids is 3. The number of benzene rings is 3. The number of amides is 3. The molecule has 0 unspecified atom stereocenters. The minimum Gasteiger partial charge on any atom is -0.351 e. The molecule has 0 aliphatic heterocycles. The summed E-state index contributed by atoms with van der Waals surface area (Å²) in [6, 6.07) is 18.6. The molecule has 1 aliphatic rings. The molecule has 1 fully saturated rings. The van der Waals surface area contributed by atoms with Gasteiger partial charge in [0.25, 0.3) is 5.91 Å². The van der Waals surface area contributed by atoms with Crippen LogP contribution in [0.4, 0.5) is 5.69 Å². The maximum atomic E-state index is 13.7. The van der Waals surface area contributed by atoms with Crippen LogP contribution < -0.4 is 21.7 Å². The third kappa shape index (κ3) is 9.90. The minimum atomic E-state index is -0.755. The molecule has 5 rings (SSSR count). The molecule has 10 nitrogen and oxygen atoms in total. The smallest absolute Gasteiger partial charge is 0.251 e. The molecule has 1 aromatic heterocycles. The van der Waals surface area contributed by atoms with Crippen molar-refractivity contribution >= 4 is 46.7 Å². The molecule has 3 aromatic carbocycles. The second-order valence-electron chi connectivity index (χ2n) is 12.9. The monoisotopic (exact) mass is 687 g/mol. The molecular formula is C38H50ClN7O3. The highest BCUT2D eigenvalue weighted by atomic mass is 35.5. The zero-order chi connectivity index (χ0) is 34.0. The average molecular weight is 688 g/mol. The van der Waals surface area contributed by atoms with Gasteiger partial charge in [-0.2, -0.15) is 5.10 Å². The summed E-state index contributed by atoms with van der Waals surface area (Å²) >= 11 is 0. The predicted octanol–water partition coefficient (Wildman–Crippen LogP) is 5.46. The van der Waals surface area contributed by atoms with Crippen molar-refractivity contribution in [3.05, 3.63) is 83.6 Å². The number of aryl methyl sites for hydroxylation is 1. The first-order chi connectivity index (χ1) is 23.3. The summed E-state index contributed by atoms with van der Waals surface area (Å²) in [5.74, 6) is -0.0934. The SMILES string of the molecule is CCN(CC)CCNC(=O)c1ccc(-c2ccc(C[C@H](NC(=O)C3CCC(CN)CC3)C(=O)Nc3ccc4cn[nH]c4c3)cc2)c(C)c1.Cl. The fourth-order valence-electron chi connectivity index (χ4n) is 6.56. The summed E-state index contributed by atoms with van der Waals surface area (Å²) in [7, 11) is 0. The molecule has 6 N–H and O–H groups in total. The molecule has 1 saturated carbocycles. The van der Waals surface area contributed by atoms with Crippen LogP contribution in [0.15, 0.2) is 66.9 Å². The number of carbonyl (C=O) groups is 3. The number of aromatic amines is 1. The Morgan fingerprint density at radius 1 is 0.980 bits per heavy atom. The van der Waals surface area contributed by atoms with Gasteiger partial charge in [-0.3, -0.25) is 19.5 Å². The van der Waals surface area contributed by atoms with E-state index in [0.717, 1.165) is 78.5 Å². The van der Waals surface area contributed by atoms with Gasteiger partial charge in [0.05, 0.1) is 11.7 Å². The molecule has 49 heavy (non-hydrogen) atoms. The summed E-state index contributed by atoms with van der Waals surface area (Å²) < 4.78 is 0. The highest BCUT2D eigenvalue weighted by Gasteiger charge is 2.29. The van der Waals surface area contributed by atoms with Crippen LogP contribution in [0.25, 0.3) is 22.0 Å². The second kappa shape index (κ2) is 17.9. The summed E-state index contributed by atoms with van der Waals surface area (Å²) in [6.07, 6.45) is 5.49. The van der Waals surface area contributed by atoms with Gasteiger partial charge in [0, 0.05) is 42.1 Å². The maximum absolute atomic E-state index is 13.7. The Balaban J connectivity index is 0.00000541. The van der Waals surface area contributed by atoms with Crippen LogP contribution in [-0.2, 0) is 16.0 Å². The number of hydrogen-bond donors (Lipinski definition) is 5. The molecule has 0 radical (unpaired) electrons. The lowest BCUT2D eigenvalue weighted by Crippen LogP contribution is -2.48. The molecule has 11 heteroatoms. The van der Waals surface area contributed by atoms with Gasteiger partial charge in [-0.15, -0.1) is 12.4 Å². The third-order valence-electron chi connectivity index (χ3n) is 9.69. The number of nitrogens with zero attached hydrogens (tertiary/aromatic N) is 2. The van der Waals surface area contributed by atoms with Gasteiger partial charge in [-0.1, -0.05) is 44.2 Å². The number of H-pyrrole nitrogens is 1. The molecule has 1 atom stereocenters. The maximum Gasteiger partial charge on any atom is 0.251 e. The Morgan fingerprint density at radius 2 is 1.71 bits per heavy atom. The molecule has 262 valence electrons. The van der Waals surface area contributed by atoms with Crippen LogP contribution in [0.2, 0.25) is 0 Å². The quantitative estimate of drug-likeness (QED) is 0.119. The highest BCUT2D eigenvalue weighted by molar-refractivity contribution is 5.99. The Morgan fingerprint density at radius 3 is 2.39 bits per heavy atom. The second-order valence-corrected chi connectivity index (χ2v) is 12.9. The van der Waals surface area contributed by atoms with E-state index in [1.807, 2.05) is 67.6 Å². The van der Waals surface area contributed by atoms with Gasteiger partial charge >= 0.3 is 0 Å². The van der Waals surface area contributed by atoms with Crippen molar-refractivity contribution < 1.29 is 14.4 Å². The third-order valence-corrected chi connectivity index (χ3v) is 9.69. The van der Waals surface area contributed by atoms with Crippen molar-refractivity contribution in [1.82, 2.24) is 25.7 Å². The first kappa shape index (κ1) is 37.6. The standard InChI is InChI=1S/C38H49N7O3.ClH/c1-4-45(5-2)19-18-40-36(46)30-15-17-33(25(3)20-30)28-10-6-26(7-11-28)21-35(43-37(47)29-12-8-27(23-39)9-13-29)38(48)42-32-16-14-31-24-41-44-34(31)22-32;/h6-7,10-11,14-17,20,22,24,27,29,35H,4-5,8-9,12-13,18-19,21,23,39H2,1-3H3,(H,40,46)(H,41,44)(H,42,48)(H,43,47);1H/t27?,29?,35-;/m0./s1. The first-order valence-electron chi connectivity index (χ1n) is 17.2. The zero-order valence-corrected chi connectivity index (χ0v) is 29.6. The summed E-state index contributed by atoms with van der Waals surface area (Å²) in [6.45, 7) is 10.2. The number of halogens is 1. The van der Waals surface area contributed by atoms with Gasteiger partial charge in [0.15, 0.2) is 0 Å². The van der Waals surface area contributed by atoms with Crippen LogP contribution in [0.3, 0.4) is 0 Å². The number of nitrogens with two attached hydrogens (primary N) is 1. The van der Waals surface area contributed by atoms with Gasteiger partial charge in [0.1, 0.15) is 6.04 Å². The fraction of sp³-hybridized carbons (Fsp3) is 0.421. The van der Waals surface area contributed by atoms with Crippen molar-refractivity contribution in [2.24, 2.45) is 17.6 Å². The lowest BCUT2D eigenvalue weighted by atomic mass is 9.81. The van der Waals surface area contributed by atoms with E-state index in [9.17, 15) is 14.4 Å². The van der Waals surface area contributed by atoms with Crippen LogP contribution >= 0.6 is 12.4 Å². The molecule has 1 aliphatic carbocycles. The zero-order valence-electron chi connectivity index (χ0n) is 28.8. The van der Waals surface area contributed by atoms with E-state index >= 15 is 0 Å². The topological polar surface area (TPSA) is 145 Å². The van der Waals surface area contributed by atoms with E-state index < -0.39 is 6.04 Å². The van der Waals surface area contributed by atoms with Crippen molar-refractivity contribution in [2.75, 3.05) is 38.0 Å². The molecule has 3 amide bonds. The Labute approximate surface area is 295 Å². The number of rotatable bonds is 14.